The summed E-state index contributed by atoms with van der Waals surface area (Å²) in [7, 11) is 0. The van der Waals surface area contributed by atoms with Crippen LogP contribution in [0.3, 0.4) is 0 Å². The Kier molecular flexibility index (Phi) is 3.46. The number of amides is 1. The molecule has 0 aromatic carbocycles. The second kappa shape index (κ2) is 4.85. The maximum Gasteiger partial charge on any atom is 0.410 e. The third kappa shape index (κ3) is 3.22. The van der Waals surface area contributed by atoms with E-state index in [4.69, 9.17) is 6.11 Å². The number of aldehydes is 1. The molecule has 2 atom stereocenters. The summed E-state index contributed by atoms with van der Waals surface area (Å²) in [6, 6.07) is -0.630. The number of hydrogen-bond acceptors (Lipinski definition) is 3. The average Bonchev–Trinajstić information content (AvgIpc) is 2.58. The monoisotopic (exact) mass is 229 g/mol. The predicted molar refractivity (Wildman–Crippen MR) is 61.2 cm³/mol. The highest BCUT2D eigenvalue weighted by Gasteiger charge is 2.36. The maximum absolute atomic E-state index is 11.9. The quantitative estimate of drug-likeness (QED) is 0.682. The van der Waals surface area contributed by atoms with Crippen LogP contribution in [0.25, 0.3) is 0 Å². The largest absolute Gasteiger partial charge is 0.444 e. The number of hydrogen-bond donors (Lipinski definition) is 0. The minimum Gasteiger partial charge on any atom is -0.444 e. The van der Waals surface area contributed by atoms with Crippen LogP contribution in [0.4, 0.5) is 4.79 Å². The number of rotatable bonds is 2. The van der Waals surface area contributed by atoms with Crippen molar-refractivity contribution in [1.82, 2.24) is 4.90 Å². The van der Waals surface area contributed by atoms with E-state index in [0.29, 0.717) is 18.9 Å². The van der Waals surface area contributed by atoms with Gasteiger partial charge in [0.2, 0.25) is 0 Å². The van der Waals surface area contributed by atoms with Gasteiger partial charge in [0.15, 0.2) is 0 Å². The molecule has 1 saturated heterocycles. The van der Waals surface area contributed by atoms with E-state index in [1.165, 1.54) is 4.90 Å². The zero-order chi connectivity index (χ0) is 13.2. The first kappa shape index (κ1) is 11.4. The van der Waals surface area contributed by atoms with Gasteiger partial charge in [-0.2, -0.15) is 0 Å². The molecule has 1 rings (SSSR count). The molecule has 0 bridgehead atoms. The molecule has 1 aliphatic rings. The Morgan fingerprint density at radius 2 is 2.25 bits per heavy atom. The van der Waals surface area contributed by atoms with Crippen LogP contribution in [-0.2, 0) is 9.53 Å². The molecule has 4 nitrogen and oxygen atoms in total. The lowest BCUT2D eigenvalue weighted by molar-refractivity contribution is -0.111. The minimum atomic E-state index is -0.702. The second-order valence-corrected chi connectivity index (χ2v) is 5.28. The third-order valence-electron chi connectivity index (χ3n) is 2.73. The predicted octanol–water partition coefficient (Wildman–Crippen LogP) is 2.22. The van der Waals surface area contributed by atoms with Gasteiger partial charge in [-0.05, 0) is 33.1 Å². The van der Waals surface area contributed by atoms with E-state index < -0.39 is 24.0 Å². The number of carbonyl (C=O) groups is 2. The molecule has 0 radical (unpaired) electrons. The van der Waals surface area contributed by atoms with Gasteiger partial charge in [-0.1, -0.05) is 13.3 Å². The summed E-state index contributed by atoms with van der Waals surface area (Å²) in [5.41, 5.74) is -0.572. The fourth-order valence-electron chi connectivity index (χ4n) is 1.85. The molecule has 0 aromatic heterocycles. The van der Waals surface area contributed by atoms with Crippen LogP contribution in [0.5, 0.6) is 0 Å². The summed E-state index contributed by atoms with van der Waals surface area (Å²) in [5, 5.41) is 0. The van der Waals surface area contributed by atoms with Crippen LogP contribution < -0.4 is 0 Å². The highest BCUT2D eigenvalue weighted by Crippen LogP contribution is 2.26. The highest BCUT2D eigenvalue weighted by molar-refractivity contribution is 5.74. The Morgan fingerprint density at radius 1 is 1.62 bits per heavy atom. The average molecular weight is 229 g/mol. The summed E-state index contributed by atoms with van der Waals surface area (Å²) in [4.78, 5) is 24.5. The maximum atomic E-state index is 11.9. The summed E-state index contributed by atoms with van der Waals surface area (Å²) in [5.74, 6) is 0.293. The van der Waals surface area contributed by atoms with Crippen LogP contribution in [-0.4, -0.2) is 35.4 Å². The third-order valence-corrected chi connectivity index (χ3v) is 2.73. The lowest BCUT2D eigenvalue weighted by Crippen LogP contribution is -2.40. The van der Waals surface area contributed by atoms with Crippen LogP contribution in [0.15, 0.2) is 0 Å². The van der Waals surface area contributed by atoms with Crippen LogP contribution in [0.1, 0.15) is 41.9 Å². The first-order valence-corrected chi connectivity index (χ1v) is 5.74. The van der Waals surface area contributed by atoms with Crippen molar-refractivity contribution < 1.29 is 15.7 Å². The topological polar surface area (TPSA) is 46.6 Å². The van der Waals surface area contributed by atoms with Crippen molar-refractivity contribution in [2.45, 2.75) is 52.2 Å². The fourth-order valence-corrected chi connectivity index (χ4v) is 1.85. The number of nitrogens with zero attached hydrogens (tertiary/aromatic N) is 1. The Hall–Kier alpha value is -1.06. The van der Waals surface area contributed by atoms with E-state index >= 15 is 0 Å². The standard InChI is InChI=1S/C12H21NO3/c1-5-9-6-10(8-14)13(7-9)11(15)16-12(2,3)4/h8-10H,5-7H2,1-4H3/t9?,10-/m0/s1/i8T. The van der Waals surface area contributed by atoms with E-state index in [0.717, 1.165) is 6.42 Å². The van der Waals surface area contributed by atoms with Crippen molar-refractivity contribution >= 4 is 12.4 Å². The van der Waals surface area contributed by atoms with Gasteiger partial charge in [0.25, 0.3) is 0 Å². The number of ether oxygens (including phenoxy) is 1. The molecular weight excluding hydrogens is 206 g/mol. The number of likely N-dealkylation sites (tertiary alicyclic amines) is 1. The minimum absolute atomic E-state index is 0.293. The molecule has 92 valence electrons. The SMILES string of the molecule is [3H]C(=O)[C@@H]1CC(CC)CN1C(=O)OC(C)(C)C. The highest BCUT2D eigenvalue weighted by atomic mass is 16.6. The van der Waals surface area contributed by atoms with Gasteiger partial charge in [0.1, 0.15) is 13.2 Å². The van der Waals surface area contributed by atoms with Gasteiger partial charge in [-0.25, -0.2) is 4.79 Å². The molecule has 1 amide bonds. The molecule has 4 heteroatoms. The molecule has 16 heavy (non-hydrogen) atoms. The molecule has 0 aromatic rings. The Bertz CT molecular complexity index is 311. The van der Waals surface area contributed by atoms with E-state index in [9.17, 15) is 9.59 Å². The van der Waals surface area contributed by atoms with E-state index in [2.05, 4.69) is 0 Å². The van der Waals surface area contributed by atoms with Crippen molar-refractivity contribution in [2.75, 3.05) is 6.54 Å². The fraction of sp³-hybridized carbons (Fsp3) is 0.833. The zero-order valence-corrected chi connectivity index (χ0v) is 10.4. The summed E-state index contributed by atoms with van der Waals surface area (Å²) < 4.78 is 12.5. The van der Waals surface area contributed by atoms with E-state index in [-0.39, 0.29) is 0 Å². The number of carbonyl (C=O) groups excluding carboxylic acids is 2. The summed E-state index contributed by atoms with van der Waals surface area (Å²) in [6.45, 7) is 7.90. The summed E-state index contributed by atoms with van der Waals surface area (Å²) >= 11 is 0. The normalized spacial score (nSPS) is 26.5. The Balaban J connectivity index is 2.73. The van der Waals surface area contributed by atoms with Gasteiger partial charge >= 0.3 is 6.09 Å². The molecule has 1 aliphatic heterocycles. The van der Waals surface area contributed by atoms with E-state index in [1.807, 2.05) is 6.92 Å². The Morgan fingerprint density at radius 3 is 2.69 bits per heavy atom. The van der Waals surface area contributed by atoms with Gasteiger partial charge in [-0.3, -0.25) is 4.90 Å². The van der Waals surface area contributed by atoms with Crippen molar-refractivity contribution in [3.8, 4) is 0 Å². The van der Waals surface area contributed by atoms with E-state index in [1.54, 1.807) is 20.8 Å². The molecule has 0 spiro atoms. The molecule has 1 fully saturated rings. The molecule has 1 unspecified atom stereocenters. The molecular formula is C12H21NO3. The first-order chi connectivity index (χ1) is 7.74. The van der Waals surface area contributed by atoms with Crippen LogP contribution >= 0.6 is 0 Å². The van der Waals surface area contributed by atoms with Crippen LogP contribution in [0, 0.1) is 5.92 Å². The van der Waals surface area contributed by atoms with Gasteiger partial charge < -0.3 is 9.53 Å². The molecule has 1 heterocycles. The zero-order valence-electron chi connectivity index (χ0n) is 11.4. The molecule has 0 N–H and O–H groups in total. The molecule has 0 aliphatic carbocycles. The van der Waals surface area contributed by atoms with Gasteiger partial charge in [-0.15, -0.1) is 0 Å². The van der Waals surface area contributed by atoms with Crippen LogP contribution in [0.2, 0.25) is 0 Å². The molecule has 0 saturated carbocycles. The van der Waals surface area contributed by atoms with Crippen molar-refractivity contribution in [3.05, 3.63) is 0 Å². The van der Waals surface area contributed by atoms with Crippen molar-refractivity contribution in [1.29, 1.82) is 0 Å². The second-order valence-electron chi connectivity index (χ2n) is 5.28. The lowest BCUT2D eigenvalue weighted by Gasteiger charge is -2.26. The smallest absolute Gasteiger partial charge is 0.410 e. The van der Waals surface area contributed by atoms with Gasteiger partial charge in [0, 0.05) is 6.54 Å². The lowest BCUT2D eigenvalue weighted by atomic mass is 10.0. The summed E-state index contributed by atoms with van der Waals surface area (Å²) in [6.07, 6.45) is 0.298. The Labute approximate surface area is 98.3 Å². The van der Waals surface area contributed by atoms with Gasteiger partial charge in [0.05, 0.1) is 6.04 Å². The van der Waals surface area contributed by atoms with Crippen molar-refractivity contribution in [2.24, 2.45) is 5.92 Å². The first-order valence-electron chi connectivity index (χ1n) is 6.24. The van der Waals surface area contributed by atoms with Crippen molar-refractivity contribution in [3.63, 3.8) is 0 Å².